The van der Waals surface area contributed by atoms with Crippen molar-refractivity contribution < 1.29 is 19.1 Å². The minimum atomic E-state index is -0.914. The number of hydrogen-bond donors (Lipinski definition) is 2. The molecule has 0 bridgehead atoms. The van der Waals surface area contributed by atoms with Crippen molar-refractivity contribution in [3.05, 3.63) is 78.0 Å². The van der Waals surface area contributed by atoms with Gasteiger partial charge in [-0.2, -0.15) is 0 Å². The highest BCUT2D eigenvalue weighted by Gasteiger charge is 2.36. The van der Waals surface area contributed by atoms with Crippen LogP contribution in [0.5, 0.6) is 0 Å². The molecule has 3 N–H and O–H groups in total. The number of primary amides is 1. The van der Waals surface area contributed by atoms with Crippen LogP contribution in [0.15, 0.2) is 61.1 Å². The number of nitrogens with zero attached hydrogens (tertiary/aromatic N) is 4. The number of esters is 1. The highest BCUT2D eigenvalue weighted by Crippen LogP contribution is 2.31. The molecular weight excluding hydrogens is 520 g/mol. The van der Waals surface area contributed by atoms with E-state index in [-0.39, 0.29) is 25.3 Å². The molecule has 2 aromatic heterocycles. The van der Waals surface area contributed by atoms with Crippen LogP contribution in [0.25, 0.3) is 22.0 Å². The lowest BCUT2D eigenvalue weighted by atomic mass is 10.0. The average molecular weight is 555 g/mol. The van der Waals surface area contributed by atoms with E-state index in [1.54, 1.807) is 33.0 Å². The number of ether oxygens (including phenoxy) is 1. The Morgan fingerprint density at radius 2 is 1.98 bits per heavy atom. The normalized spacial score (nSPS) is 13.8. The summed E-state index contributed by atoms with van der Waals surface area (Å²) in [6, 6.07) is 12.7. The Morgan fingerprint density at radius 1 is 1.17 bits per heavy atom. The summed E-state index contributed by atoms with van der Waals surface area (Å²) in [6.07, 6.45) is 5.65. The number of anilines is 1. The number of imidazole rings is 1. The maximum atomic E-state index is 13.2. The minimum absolute atomic E-state index is 0.0172. The van der Waals surface area contributed by atoms with E-state index in [1.165, 1.54) is 4.90 Å². The second-order valence-corrected chi connectivity index (χ2v) is 11.3. The molecule has 0 radical (unpaired) electrons. The van der Waals surface area contributed by atoms with E-state index in [0.717, 1.165) is 39.1 Å². The number of amides is 2. The third-order valence-corrected chi connectivity index (χ3v) is 7.07. The second-order valence-electron chi connectivity index (χ2n) is 11.3. The lowest BCUT2D eigenvalue weighted by Crippen LogP contribution is -2.45. The molecule has 0 fully saturated rings. The van der Waals surface area contributed by atoms with Crippen LogP contribution >= 0.6 is 0 Å². The van der Waals surface area contributed by atoms with Gasteiger partial charge in [0.1, 0.15) is 17.5 Å². The zero-order chi connectivity index (χ0) is 29.3. The summed E-state index contributed by atoms with van der Waals surface area (Å²) in [5.74, 6) is -0.525. The number of aromatic nitrogens is 3. The summed E-state index contributed by atoms with van der Waals surface area (Å²) in [5, 5.41) is 5.63. The lowest BCUT2D eigenvalue weighted by molar-refractivity contribution is -0.155. The molecule has 0 saturated carbocycles. The molecule has 4 aromatic rings. The number of benzene rings is 2. The maximum absolute atomic E-state index is 13.2. The van der Waals surface area contributed by atoms with Crippen molar-refractivity contribution in [2.24, 2.45) is 12.8 Å². The number of rotatable bonds is 9. The quantitative estimate of drug-likeness (QED) is 0.297. The first kappa shape index (κ1) is 27.8. The van der Waals surface area contributed by atoms with Crippen LogP contribution in [0.3, 0.4) is 0 Å². The Labute approximate surface area is 238 Å². The summed E-state index contributed by atoms with van der Waals surface area (Å²) in [4.78, 5) is 48.2. The van der Waals surface area contributed by atoms with Crippen molar-refractivity contribution in [3.63, 3.8) is 0 Å². The Balaban J connectivity index is 1.30. The highest BCUT2D eigenvalue weighted by atomic mass is 16.6. The van der Waals surface area contributed by atoms with Crippen LogP contribution in [0, 0.1) is 0 Å². The van der Waals surface area contributed by atoms with E-state index < -0.39 is 23.5 Å². The summed E-state index contributed by atoms with van der Waals surface area (Å²) in [5.41, 5.74) is 8.96. The summed E-state index contributed by atoms with van der Waals surface area (Å²) in [7, 11) is 1.95. The minimum Gasteiger partial charge on any atom is -0.460 e. The van der Waals surface area contributed by atoms with Gasteiger partial charge in [0, 0.05) is 66.2 Å². The molecule has 10 nitrogen and oxygen atoms in total. The molecule has 2 aromatic carbocycles. The number of nitrogens with two attached hydrogens (primary N) is 1. The molecule has 212 valence electrons. The van der Waals surface area contributed by atoms with E-state index in [9.17, 15) is 14.4 Å². The van der Waals surface area contributed by atoms with E-state index in [2.05, 4.69) is 10.3 Å². The fourth-order valence-electron chi connectivity index (χ4n) is 5.11. The maximum Gasteiger partial charge on any atom is 0.306 e. The van der Waals surface area contributed by atoms with Crippen LogP contribution in [-0.4, -0.2) is 48.9 Å². The van der Waals surface area contributed by atoms with Crippen LogP contribution in [0.2, 0.25) is 0 Å². The molecule has 1 aliphatic rings. The Kier molecular flexibility index (Phi) is 7.49. The van der Waals surface area contributed by atoms with Gasteiger partial charge in [0.15, 0.2) is 0 Å². The largest absolute Gasteiger partial charge is 0.460 e. The molecular formula is C31H34N6O4. The molecule has 0 spiro atoms. The van der Waals surface area contributed by atoms with E-state index in [0.29, 0.717) is 12.1 Å². The molecule has 2 amide bonds. The van der Waals surface area contributed by atoms with Crippen molar-refractivity contribution in [1.29, 1.82) is 0 Å². The monoisotopic (exact) mass is 554 g/mol. The van der Waals surface area contributed by atoms with Crippen LogP contribution < -0.4 is 11.1 Å². The summed E-state index contributed by atoms with van der Waals surface area (Å²) >= 11 is 0. The predicted molar refractivity (Wildman–Crippen MR) is 156 cm³/mol. The van der Waals surface area contributed by atoms with E-state index in [1.807, 2.05) is 60.4 Å². The lowest BCUT2D eigenvalue weighted by Gasteiger charge is -2.25. The fourth-order valence-corrected chi connectivity index (χ4v) is 5.11. The van der Waals surface area contributed by atoms with Crippen molar-refractivity contribution >= 4 is 34.2 Å². The number of hydrogen-bond acceptors (Lipinski definition) is 7. The van der Waals surface area contributed by atoms with Crippen LogP contribution in [0.1, 0.15) is 55.4 Å². The average Bonchev–Trinajstić information content (AvgIpc) is 3.45. The Bertz CT molecular complexity index is 1630. The number of carbonyl (C=O) groups is 3. The number of aryl methyl sites for hydroxylation is 1. The van der Waals surface area contributed by atoms with E-state index in [4.69, 9.17) is 15.5 Å². The Morgan fingerprint density at radius 3 is 2.73 bits per heavy atom. The predicted octanol–water partition coefficient (Wildman–Crippen LogP) is 4.18. The summed E-state index contributed by atoms with van der Waals surface area (Å²) in [6.45, 7) is 6.07. The first-order valence-corrected chi connectivity index (χ1v) is 13.5. The van der Waals surface area contributed by atoms with Crippen LogP contribution in [0.4, 0.5) is 5.69 Å². The number of fused-ring (bicyclic) bond motifs is 2. The zero-order valence-corrected chi connectivity index (χ0v) is 23.7. The van der Waals surface area contributed by atoms with Gasteiger partial charge in [-0.15, -0.1) is 0 Å². The second kappa shape index (κ2) is 11.0. The van der Waals surface area contributed by atoms with Gasteiger partial charge >= 0.3 is 5.97 Å². The number of carbonyl (C=O) groups excluding carboxylic acids is 3. The van der Waals surface area contributed by atoms with Gasteiger partial charge in [-0.05, 0) is 57.0 Å². The van der Waals surface area contributed by atoms with Gasteiger partial charge in [-0.1, -0.05) is 18.2 Å². The molecule has 1 unspecified atom stereocenters. The van der Waals surface area contributed by atoms with Crippen molar-refractivity contribution in [3.8, 4) is 11.3 Å². The number of pyridine rings is 1. The summed E-state index contributed by atoms with van der Waals surface area (Å²) < 4.78 is 7.32. The van der Waals surface area contributed by atoms with Crippen molar-refractivity contribution in [2.75, 3.05) is 5.32 Å². The molecule has 5 rings (SSSR count). The molecule has 41 heavy (non-hydrogen) atoms. The molecule has 0 aliphatic carbocycles. The SMILES string of the molecule is Cn1cc(-c2ccc3c(c2)CN(C(CCC(=O)OC(C)(C)C)C(N)=O)C3=O)nc1CNc1cccc2cnccc12. The Hall–Kier alpha value is -4.73. The van der Waals surface area contributed by atoms with Gasteiger partial charge in [0.05, 0.1) is 12.2 Å². The molecule has 0 saturated heterocycles. The van der Waals surface area contributed by atoms with Gasteiger partial charge in [0.2, 0.25) is 5.91 Å². The van der Waals surface area contributed by atoms with Gasteiger partial charge in [-0.3, -0.25) is 19.4 Å². The van der Waals surface area contributed by atoms with Gasteiger partial charge < -0.3 is 25.3 Å². The highest BCUT2D eigenvalue weighted by molar-refractivity contribution is 6.01. The first-order chi connectivity index (χ1) is 19.5. The van der Waals surface area contributed by atoms with Crippen molar-refractivity contribution in [1.82, 2.24) is 19.4 Å². The first-order valence-electron chi connectivity index (χ1n) is 13.5. The van der Waals surface area contributed by atoms with E-state index >= 15 is 0 Å². The topological polar surface area (TPSA) is 132 Å². The van der Waals surface area contributed by atoms with Crippen molar-refractivity contribution in [2.45, 2.75) is 58.3 Å². The molecule has 3 heterocycles. The molecule has 1 aliphatic heterocycles. The van der Waals surface area contributed by atoms with Gasteiger partial charge in [-0.25, -0.2) is 4.98 Å². The fraction of sp³-hybridized carbons (Fsp3) is 0.323. The zero-order valence-electron chi connectivity index (χ0n) is 23.7. The third kappa shape index (κ3) is 6.06. The third-order valence-electron chi connectivity index (χ3n) is 7.07. The standard InChI is InChI=1S/C31H34N6O4/c1-31(2,3)41-28(38)11-10-26(29(32)39)37-17-21-14-19(8-9-23(21)30(37)40)25-18-36(4)27(35-25)16-34-24-7-5-6-20-15-33-13-12-22(20)24/h5-9,12-15,18,26,34H,10-11,16-17H2,1-4H3,(H2,32,39). The van der Waals surface area contributed by atoms with Gasteiger partial charge in [0.25, 0.3) is 5.91 Å². The molecule has 10 heteroatoms. The molecule has 1 atom stereocenters. The smallest absolute Gasteiger partial charge is 0.306 e. The van der Waals surface area contributed by atoms with Crippen LogP contribution in [-0.2, 0) is 34.5 Å². The number of nitrogens with one attached hydrogen (secondary N) is 1.